The fourth-order valence-corrected chi connectivity index (χ4v) is 3.87. The number of anilines is 1. The molecule has 27 heavy (non-hydrogen) atoms. The Kier molecular flexibility index (Phi) is 6.05. The van der Waals surface area contributed by atoms with Crippen molar-refractivity contribution in [3.63, 3.8) is 0 Å². The fourth-order valence-electron chi connectivity index (χ4n) is 3.40. The first kappa shape index (κ1) is 19.7. The zero-order valence-corrected chi connectivity index (χ0v) is 16.7. The summed E-state index contributed by atoms with van der Waals surface area (Å²) in [5.41, 5.74) is 3.46. The van der Waals surface area contributed by atoms with Crippen LogP contribution in [-0.4, -0.2) is 31.6 Å². The molecule has 0 aromatic heterocycles. The lowest BCUT2D eigenvalue weighted by molar-refractivity contribution is -0.924. The van der Waals surface area contributed by atoms with Gasteiger partial charge in [0.2, 0.25) is 0 Å². The first-order valence-electron chi connectivity index (χ1n) is 8.64. The lowest BCUT2D eigenvalue weighted by Crippen LogP contribution is -3.17. The zero-order valence-electron chi connectivity index (χ0n) is 15.1. The molecule has 1 aliphatic rings. The molecule has 2 aromatic carbocycles. The molecule has 0 radical (unpaired) electrons. The highest BCUT2D eigenvalue weighted by atomic mass is 35.5. The summed E-state index contributed by atoms with van der Waals surface area (Å²) in [6, 6.07) is 11.0. The molecular formula is C20H21Cl2N2O3+. The summed E-state index contributed by atoms with van der Waals surface area (Å²) in [5.74, 6) is -0.577. The van der Waals surface area contributed by atoms with Crippen molar-refractivity contribution in [3.05, 3.63) is 63.1 Å². The van der Waals surface area contributed by atoms with Crippen LogP contribution < -0.4 is 10.2 Å². The average Bonchev–Trinajstić information content (AvgIpc) is 2.67. The number of carbonyl (C=O) groups excluding carboxylic acids is 2. The van der Waals surface area contributed by atoms with Crippen LogP contribution in [0.4, 0.5) is 5.69 Å². The molecule has 0 aliphatic carbocycles. The van der Waals surface area contributed by atoms with E-state index in [1.165, 1.54) is 7.11 Å². The first-order chi connectivity index (χ1) is 12.9. The molecule has 142 valence electrons. The Morgan fingerprint density at radius 3 is 2.59 bits per heavy atom. The summed E-state index contributed by atoms with van der Waals surface area (Å²) in [6.45, 7) is 2.52. The van der Waals surface area contributed by atoms with Gasteiger partial charge in [-0.25, -0.2) is 4.79 Å². The van der Waals surface area contributed by atoms with Crippen molar-refractivity contribution in [2.45, 2.75) is 25.9 Å². The second-order valence-corrected chi connectivity index (χ2v) is 7.45. The molecule has 2 aromatic rings. The van der Waals surface area contributed by atoms with Gasteiger partial charge in [-0.2, -0.15) is 0 Å². The van der Waals surface area contributed by atoms with E-state index >= 15 is 0 Å². The van der Waals surface area contributed by atoms with Gasteiger partial charge >= 0.3 is 5.97 Å². The SMILES string of the molecule is COC(=O)[C@H]1Cc2ccccc2C[NH+]1CC(=O)Nc1c(Cl)ccc(C)c1Cl. The number of carbonyl (C=O) groups is 2. The molecule has 5 nitrogen and oxygen atoms in total. The standard InChI is InChI=1S/C20H20Cl2N2O3/c1-12-7-8-15(21)19(18(12)22)23-17(25)11-24-10-14-6-4-3-5-13(14)9-16(24)20(26)27-2/h3-8,16H,9-11H2,1-2H3,(H,23,25)/p+1/t16-/m1/s1. The summed E-state index contributed by atoms with van der Waals surface area (Å²) in [6.07, 6.45) is 0.539. The lowest BCUT2D eigenvalue weighted by Gasteiger charge is -2.31. The van der Waals surface area contributed by atoms with Gasteiger partial charge in [0.05, 0.1) is 22.8 Å². The normalized spacial score (nSPS) is 18.5. The van der Waals surface area contributed by atoms with Crippen LogP contribution in [0.5, 0.6) is 0 Å². The topological polar surface area (TPSA) is 59.8 Å². The van der Waals surface area contributed by atoms with E-state index in [1.807, 2.05) is 31.2 Å². The van der Waals surface area contributed by atoms with Crippen LogP contribution in [0.15, 0.2) is 36.4 Å². The Bertz CT molecular complexity index is 886. The zero-order chi connectivity index (χ0) is 19.6. The number of fused-ring (bicyclic) bond motifs is 1. The Morgan fingerprint density at radius 1 is 1.19 bits per heavy atom. The number of aryl methyl sites for hydroxylation is 1. The van der Waals surface area contributed by atoms with Gasteiger partial charge < -0.3 is 15.0 Å². The van der Waals surface area contributed by atoms with Crippen LogP contribution in [-0.2, 0) is 27.3 Å². The number of esters is 1. The number of ether oxygens (including phenoxy) is 1. The van der Waals surface area contributed by atoms with Crippen molar-refractivity contribution >= 4 is 40.8 Å². The molecule has 3 rings (SSSR count). The van der Waals surface area contributed by atoms with Crippen molar-refractivity contribution in [1.82, 2.24) is 0 Å². The van der Waals surface area contributed by atoms with Gasteiger partial charge in [0.1, 0.15) is 6.54 Å². The van der Waals surface area contributed by atoms with Crippen molar-refractivity contribution < 1.29 is 19.2 Å². The minimum absolute atomic E-state index is 0.106. The van der Waals surface area contributed by atoms with Gasteiger partial charge in [0, 0.05) is 12.0 Å². The van der Waals surface area contributed by atoms with Crippen LogP contribution in [0.2, 0.25) is 10.0 Å². The maximum absolute atomic E-state index is 12.7. The highest BCUT2D eigenvalue weighted by molar-refractivity contribution is 6.40. The molecule has 1 aliphatic heterocycles. The Morgan fingerprint density at radius 2 is 1.89 bits per heavy atom. The maximum atomic E-state index is 12.7. The maximum Gasteiger partial charge on any atom is 0.365 e. The molecule has 7 heteroatoms. The summed E-state index contributed by atoms with van der Waals surface area (Å²) in [4.78, 5) is 25.8. The van der Waals surface area contributed by atoms with E-state index in [9.17, 15) is 9.59 Å². The van der Waals surface area contributed by atoms with Crippen molar-refractivity contribution in [3.8, 4) is 0 Å². The Hall–Kier alpha value is -2.08. The van der Waals surface area contributed by atoms with E-state index < -0.39 is 6.04 Å². The molecular weight excluding hydrogens is 387 g/mol. The Labute approximate surface area is 168 Å². The molecule has 2 atom stereocenters. The molecule has 0 fully saturated rings. The van der Waals surface area contributed by atoms with Gasteiger partial charge in [-0.1, -0.05) is 53.5 Å². The van der Waals surface area contributed by atoms with Crippen molar-refractivity contribution in [1.29, 1.82) is 0 Å². The lowest BCUT2D eigenvalue weighted by atomic mass is 9.94. The van der Waals surface area contributed by atoms with Gasteiger partial charge in [-0.05, 0) is 24.1 Å². The van der Waals surface area contributed by atoms with Crippen LogP contribution in [0.1, 0.15) is 16.7 Å². The van der Waals surface area contributed by atoms with E-state index in [4.69, 9.17) is 27.9 Å². The first-order valence-corrected chi connectivity index (χ1v) is 9.40. The number of benzene rings is 2. The summed E-state index contributed by atoms with van der Waals surface area (Å²) >= 11 is 12.5. The number of quaternary nitrogens is 1. The van der Waals surface area contributed by atoms with Gasteiger partial charge in [-0.3, -0.25) is 4.79 Å². The van der Waals surface area contributed by atoms with E-state index in [0.717, 1.165) is 21.6 Å². The molecule has 0 saturated heterocycles. The van der Waals surface area contributed by atoms with Crippen LogP contribution in [0.25, 0.3) is 0 Å². The summed E-state index contributed by atoms with van der Waals surface area (Å²) < 4.78 is 4.96. The van der Waals surface area contributed by atoms with Crippen LogP contribution >= 0.6 is 23.2 Å². The van der Waals surface area contributed by atoms with Crippen molar-refractivity contribution in [2.75, 3.05) is 19.0 Å². The van der Waals surface area contributed by atoms with Gasteiger partial charge in [0.25, 0.3) is 5.91 Å². The van der Waals surface area contributed by atoms with Gasteiger partial charge in [-0.15, -0.1) is 0 Å². The second-order valence-electron chi connectivity index (χ2n) is 6.66. The highest BCUT2D eigenvalue weighted by Gasteiger charge is 2.37. The quantitative estimate of drug-likeness (QED) is 0.765. The minimum atomic E-state index is -0.431. The number of methoxy groups -OCH3 is 1. The fraction of sp³-hybridized carbons (Fsp3) is 0.300. The molecule has 1 heterocycles. The molecule has 1 amide bonds. The van der Waals surface area contributed by atoms with Crippen LogP contribution in [0, 0.1) is 6.92 Å². The largest absolute Gasteiger partial charge is 0.465 e. The monoisotopic (exact) mass is 407 g/mol. The third-order valence-electron chi connectivity index (χ3n) is 4.87. The number of halogens is 2. The van der Waals surface area contributed by atoms with Crippen LogP contribution in [0.3, 0.4) is 0 Å². The van der Waals surface area contributed by atoms with Crippen molar-refractivity contribution in [2.24, 2.45) is 0 Å². The third kappa shape index (κ3) is 4.26. The summed E-state index contributed by atoms with van der Waals surface area (Å²) in [7, 11) is 1.37. The number of hydrogen-bond acceptors (Lipinski definition) is 3. The number of hydrogen-bond donors (Lipinski definition) is 2. The van der Waals surface area contributed by atoms with Gasteiger partial charge in [0.15, 0.2) is 12.6 Å². The predicted molar refractivity (Wildman–Crippen MR) is 105 cm³/mol. The summed E-state index contributed by atoms with van der Waals surface area (Å²) in [5, 5.41) is 3.59. The van der Waals surface area contributed by atoms with E-state index in [-0.39, 0.29) is 18.4 Å². The van der Waals surface area contributed by atoms with E-state index in [0.29, 0.717) is 28.7 Å². The highest BCUT2D eigenvalue weighted by Crippen LogP contribution is 2.32. The third-order valence-corrected chi connectivity index (χ3v) is 5.68. The molecule has 2 N–H and O–H groups in total. The predicted octanol–water partition coefficient (Wildman–Crippen LogP) is 2.42. The minimum Gasteiger partial charge on any atom is -0.465 e. The molecule has 0 spiro atoms. The average molecular weight is 408 g/mol. The van der Waals surface area contributed by atoms with E-state index in [2.05, 4.69) is 5.32 Å². The second kappa shape index (κ2) is 8.30. The molecule has 0 saturated carbocycles. The number of rotatable bonds is 4. The smallest absolute Gasteiger partial charge is 0.365 e. The molecule has 1 unspecified atom stereocenters. The number of nitrogens with one attached hydrogen (secondary N) is 2. The van der Waals surface area contributed by atoms with E-state index in [1.54, 1.807) is 12.1 Å². The molecule has 0 bridgehead atoms. The number of amides is 1. The Balaban J connectivity index is 1.79.